The third-order valence-electron chi connectivity index (χ3n) is 3.54. The SMILES string of the molecule is NC(=O)C1CCN(C(=O)NCc2ccc(Cl)cc2)CC1. The molecule has 1 aliphatic rings. The Bertz CT molecular complexity index is 482. The van der Waals surface area contributed by atoms with Gasteiger partial charge in [0, 0.05) is 30.6 Å². The summed E-state index contributed by atoms with van der Waals surface area (Å²) >= 11 is 5.80. The van der Waals surface area contributed by atoms with Crippen molar-refractivity contribution in [2.24, 2.45) is 11.7 Å². The van der Waals surface area contributed by atoms with Gasteiger partial charge in [-0.2, -0.15) is 0 Å². The van der Waals surface area contributed by atoms with Crippen LogP contribution in [0.2, 0.25) is 5.02 Å². The first-order valence-electron chi connectivity index (χ1n) is 6.63. The second-order valence-electron chi connectivity index (χ2n) is 4.95. The molecule has 5 nitrogen and oxygen atoms in total. The molecule has 0 aromatic heterocycles. The Hall–Kier alpha value is -1.75. The first-order valence-corrected chi connectivity index (χ1v) is 7.00. The molecular formula is C14H18ClN3O2. The topological polar surface area (TPSA) is 75.4 Å². The zero-order valence-corrected chi connectivity index (χ0v) is 11.9. The number of likely N-dealkylation sites (tertiary alicyclic amines) is 1. The molecule has 0 spiro atoms. The minimum atomic E-state index is -0.272. The quantitative estimate of drug-likeness (QED) is 0.891. The zero-order chi connectivity index (χ0) is 14.5. The molecule has 1 aromatic rings. The summed E-state index contributed by atoms with van der Waals surface area (Å²) in [4.78, 5) is 24.8. The van der Waals surface area contributed by atoms with Crippen LogP contribution in [0.4, 0.5) is 4.79 Å². The maximum absolute atomic E-state index is 12.0. The van der Waals surface area contributed by atoms with E-state index in [9.17, 15) is 9.59 Å². The Kier molecular flexibility index (Phi) is 4.84. The Morgan fingerprint density at radius 2 is 1.85 bits per heavy atom. The molecule has 0 unspecified atom stereocenters. The fourth-order valence-corrected chi connectivity index (χ4v) is 2.38. The predicted molar refractivity (Wildman–Crippen MR) is 77.2 cm³/mol. The van der Waals surface area contributed by atoms with Gasteiger partial charge in [0.15, 0.2) is 0 Å². The van der Waals surface area contributed by atoms with Gasteiger partial charge in [-0.1, -0.05) is 23.7 Å². The summed E-state index contributed by atoms with van der Waals surface area (Å²) in [5.74, 6) is -0.374. The first-order chi connectivity index (χ1) is 9.56. The van der Waals surface area contributed by atoms with Gasteiger partial charge in [0.1, 0.15) is 0 Å². The predicted octanol–water partition coefficient (Wildman–Crippen LogP) is 1.75. The maximum Gasteiger partial charge on any atom is 0.317 e. The molecule has 1 fully saturated rings. The lowest BCUT2D eigenvalue weighted by atomic mass is 9.96. The molecule has 0 saturated carbocycles. The number of primary amides is 1. The molecule has 1 aliphatic heterocycles. The number of urea groups is 1. The second-order valence-corrected chi connectivity index (χ2v) is 5.39. The average molecular weight is 296 g/mol. The average Bonchev–Trinajstić information content (AvgIpc) is 2.46. The molecule has 1 aromatic carbocycles. The highest BCUT2D eigenvalue weighted by Crippen LogP contribution is 2.16. The van der Waals surface area contributed by atoms with Crippen molar-refractivity contribution >= 4 is 23.5 Å². The fourth-order valence-electron chi connectivity index (χ4n) is 2.26. The van der Waals surface area contributed by atoms with E-state index in [2.05, 4.69) is 5.32 Å². The number of hydrogen-bond acceptors (Lipinski definition) is 2. The van der Waals surface area contributed by atoms with E-state index in [1.165, 1.54) is 0 Å². The van der Waals surface area contributed by atoms with Crippen LogP contribution in [0.5, 0.6) is 0 Å². The lowest BCUT2D eigenvalue weighted by molar-refractivity contribution is -0.123. The van der Waals surface area contributed by atoms with Crippen LogP contribution in [0.15, 0.2) is 24.3 Å². The van der Waals surface area contributed by atoms with Crippen LogP contribution in [0.25, 0.3) is 0 Å². The van der Waals surface area contributed by atoms with Crippen LogP contribution in [-0.4, -0.2) is 29.9 Å². The standard InChI is InChI=1S/C14H18ClN3O2/c15-12-3-1-10(2-4-12)9-17-14(20)18-7-5-11(6-8-18)13(16)19/h1-4,11H,5-9H2,(H2,16,19)(H,17,20). The van der Waals surface area contributed by atoms with Crippen molar-refractivity contribution in [3.8, 4) is 0 Å². The first kappa shape index (κ1) is 14.7. The second kappa shape index (κ2) is 6.61. The maximum atomic E-state index is 12.0. The van der Waals surface area contributed by atoms with Crippen LogP contribution in [0.1, 0.15) is 18.4 Å². The number of benzene rings is 1. The monoisotopic (exact) mass is 295 g/mol. The Labute approximate surface area is 123 Å². The minimum Gasteiger partial charge on any atom is -0.369 e. The molecule has 6 heteroatoms. The number of piperidine rings is 1. The van der Waals surface area contributed by atoms with E-state index in [4.69, 9.17) is 17.3 Å². The van der Waals surface area contributed by atoms with Crippen LogP contribution in [-0.2, 0) is 11.3 Å². The number of carbonyl (C=O) groups is 2. The molecule has 1 heterocycles. The molecular weight excluding hydrogens is 278 g/mol. The number of nitrogens with two attached hydrogens (primary N) is 1. The fraction of sp³-hybridized carbons (Fsp3) is 0.429. The van der Waals surface area contributed by atoms with E-state index < -0.39 is 0 Å². The van der Waals surface area contributed by atoms with E-state index in [-0.39, 0.29) is 17.9 Å². The summed E-state index contributed by atoms with van der Waals surface area (Å²) in [6.07, 6.45) is 1.29. The third kappa shape index (κ3) is 3.87. The number of nitrogens with zero attached hydrogens (tertiary/aromatic N) is 1. The number of rotatable bonds is 3. The molecule has 0 aliphatic carbocycles. The lowest BCUT2D eigenvalue weighted by Crippen LogP contribution is -2.46. The van der Waals surface area contributed by atoms with Crippen molar-refractivity contribution in [1.29, 1.82) is 0 Å². The van der Waals surface area contributed by atoms with Crippen LogP contribution in [0, 0.1) is 5.92 Å². The highest BCUT2D eigenvalue weighted by molar-refractivity contribution is 6.30. The van der Waals surface area contributed by atoms with Crippen molar-refractivity contribution < 1.29 is 9.59 Å². The van der Waals surface area contributed by atoms with Crippen LogP contribution >= 0.6 is 11.6 Å². The summed E-state index contributed by atoms with van der Waals surface area (Å²) in [6, 6.07) is 7.23. The van der Waals surface area contributed by atoms with Gasteiger partial charge >= 0.3 is 6.03 Å². The van der Waals surface area contributed by atoms with E-state index >= 15 is 0 Å². The molecule has 3 amide bonds. The largest absolute Gasteiger partial charge is 0.369 e. The van der Waals surface area contributed by atoms with Gasteiger partial charge in [0.05, 0.1) is 0 Å². The van der Waals surface area contributed by atoms with Gasteiger partial charge in [-0.3, -0.25) is 4.79 Å². The molecule has 0 radical (unpaired) electrons. The zero-order valence-electron chi connectivity index (χ0n) is 11.1. The Balaban J connectivity index is 1.78. The molecule has 2 rings (SSSR count). The minimum absolute atomic E-state index is 0.102. The van der Waals surface area contributed by atoms with Gasteiger partial charge in [-0.25, -0.2) is 4.79 Å². The highest BCUT2D eigenvalue weighted by Gasteiger charge is 2.25. The highest BCUT2D eigenvalue weighted by atomic mass is 35.5. The third-order valence-corrected chi connectivity index (χ3v) is 3.79. The van der Waals surface area contributed by atoms with Crippen molar-refractivity contribution in [3.05, 3.63) is 34.9 Å². The van der Waals surface area contributed by atoms with Crippen molar-refractivity contribution in [2.45, 2.75) is 19.4 Å². The molecule has 3 N–H and O–H groups in total. The Morgan fingerprint density at radius 3 is 2.40 bits per heavy atom. The summed E-state index contributed by atoms with van der Waals surface area (Å²) < 4.78 is 0. The molecule has 0 bridgehead atoms. The van der Waals surface area contributed by atoms with Crippen LogP contribution < -0.4 is 11.1 Å². The normalized spacial score (nSPS) is 15.9. The summed E-state index contributed by atoms with van der Waals surface area (Å²) in [5.41, 5.74) is 6.26. The van der Waals surface area contributed by atoms with Gasteiger partial charge in [-0.15, -0.1) is 0 Å². The van der Waals surface area contributed by atoms with E-state index in [0.717, 1.165) is 5.56 Å². The number of amides is 3. The molecule has 0 atom stereocenters. The number of carbonyl (C=O) groups excluding carboxylic acids is 2. The summed E-state index contributed by atoms with van der Waals surface area (Å²) in [6.45, 7) is 1.60. The van der Waals surface area contributed by atoms with Crippen molar-refractivity contribution in [3.63, 3.8) is 0 Å². The van der Waals surface area contributed by atoms with Crippen LogP contribution in [0.3, 0.4) is 0 Å². The Morgan fingerprint density at radius 1 is 1.25 bits per heavy atom. The van der Waals surface area contributed by atoms with E-state index in [1.807, 2.05) is 12.1 Å². The molecule has 108 valence electrons. The summed E-state index contributed by atoms with van der Waals surface area (Å²) in [7, 11) is 0. The van der Waals surface area contributed by atoms with Crippen molar-refractivity contribution in [2.75, 3.05) is 13.1 Å². The van der Waals surface area contributed by atoms with Gasteiger partial charge in [0.25, 0.3) is 0 Å². The van der Waals surface area contributed by atoms with Gasteiger partial charge < -0.3 is 16.0 Å². The lowest BCUT2D eigenvalue weighted by Gasteiger charge is -2.30. The smallest absolute Gasteiger partial charge is 0.317 e. The van der Waals surface area contributed by atoms with E-state index in [0.29, 0.717) is 37.5 Å². The molecule has 20 heavy (non-hydrogen) atoms. The number of halogens is 1. The van der Waals surface area contributed by atoms with Gasteiger partial charge in [0.2, 0.25) is 5.91 Å². The van der Waals surface area contributed by atoms with Crippen molar-refractivity contribution in [1.82, 2.24) is 10.2 Å². The molecule has 1 saturated heterocycles. The van der Waals surface area contributed by atoms with E-state index in [1.54, 1.807) is 17.0 Å². The number of nitrogens with one attached hydrogen (secondary N) is 1. The number of hydrogen-bond donors (Lipinski definition) is 2. The summed E-state index contributed by atoms with van der Waals surface area (Å²) in [5, 5.41) is 3.53. The van der Waals surface area contributed by atoms with Gasteiger partial charge in [-0.05, 0) is 30.5 Å².